The van der Waals surface area contributed by atoms with Crippen molar-refractivity contribution in [3.05, 3.63) is 29.3 Å². The quantitative estimate of drug-likeness (QED) is 0.842. The summed E-state index contributed by atoms with van der Waals surface area (Å²) in [5, 5.41) is 9.03. The molecule has 0 aliphatic carbocycles. The third-order valence-electron chi connectivity index (χ3n) is 4.14. The second-order valence-electron chi connectivity index (χ2n) is 5.59. The van der Waals surface area contributed by atoms with Gasteiger partial charge in [-0.15, -0.1) is 0 Å². The van der Waals surface area contributed by atoms with E-state index in [1.54, 1.807) is 13.2 Å². The maximum Gasteiger partial charge on any atom is 0.123 e. The molecule has 20 heavy (non-hydrogen) atoms. The molecule has 1 aromatic carbocycles. The monoisotopic (exact) mass is 273 g/mol. The molecule has 1 heterocycles. The second-order valence-corrected chi connectivity index (χ2v) is 5.59. The normalized spacial score (nSPS) is 17.1. The van der Waals surface area contributed by atoms with E-state index in [0.29, 0.717) is 11.6 Å². The van der Waals surface area contributed by atoms with Gasteiger partial charge in [-0.3, -0.25) is 4.90 Å². The van der Waals surface area contributed by atoms with Gasteiger partial charge in [-0.1, -0.05) is 0 Å². The number of rotatable bonds is 4. The maximum absolute atomic E-state index is 9.03. The molecule has 1 saturated heterocycles. The van der Waals surface area contributed by atoms with E-state index >= 15 is 0 Å². The van der Waals surface area contributed by atoms with Gasteiger partial charge in [-0.05, 0) is 58.2 Å². The molecular formula is C16H23N3O. The standard InChI is InChI=1S/C16H23N3O/c1-18-8-6-15(7-9-18)19(2)12-14-10-13(11-17)4-5-16(14)20-3/h4-5,10,15H,6-9,12H2,1-3H3. The molecule has 0 unspecified atom stereocenters. The predicted octanol–water partition coefficient (Wildman–Crippen LogP) is 2.09. The second kappa shape index (κ2) is 6.74. The third-order valence-corrected chi connectivity index (χ3v) is 4.14. The minimum Gasteiger partial charge on any atom is -0.496 e. The summed E-state index contributed by atoms with van der Waals surface area (Å²) < 4.78 is 5.41. The van der Waals surface area contributed by atoms with Crippen LogP contribution in [0.15, 0.2) is 18.2 Å². The summed E-state index contributed by atoms with van der Waals surface area (Å²) in [7, 11) is 6.02. The zero-order chi connectivity index (χ0) is 14.5. The molecule has 0 radical (unpaired) electrons. The van der Waals surface area contributed by atoms with Crippen LogP contribution in [0.2, 0.25) is 0 Å². The van der Waals surface area contributed by atoms with Crippen LogP contribution in [0.4, 0.5) is 0 Å². The van der Waals surface area contributed by atoms with E-state index in [-0.39, 0.29) is 0 Å². The number of nitriles is 1. The Morgan fingerprint density at radius 3 is 2.70 bits per heavy atom. The molecule has 108 valence electrons. The number of piperidine rings is 1. The van der Waals surface area contributed by atoms with Gasteiger partial charge in [0.05, 0.1) is 18.7 Å². The molecule has 0 N–H and O–H groups in total. The average molecular weight is 273 g/mol. The average Bonchev–Trinajstić information content (AvgIpc) is 2.47. The van der Waals surface area contributed by atoms with Crippen molar-refractivity contribution >= 4 is 0 Å². The van der Waals surface area contributed by atoms with Crippen molar-refractivity contribution in [1.29, 1.82) is 5.26 Å². The topological polar surface area (TPSA) is 39.5 Å². The van der Waals surface area contributed by atoms with Crippen molar-refractivity contribution in [2.75, 3.05) is 34.3 Å². The van der Waals surface area contributed by atoms with E-state index in [1.165, 1.54) is 12.8 Å². The van der Waals surface area contributed by atoms with Crippen LogP contribution in [-0.4, -0.2) is 50.1 Å². The van der Waals surface area contributed by atoms with Gasteiger partial charge in [0, 0.05) is 18.2 Å². The van der Waals surface area contributed by atoms with E-state index < -0.39 is 0 Å². The minimum atomic E-state index is 0.613. The predicted molar refractivity (Wildman–Crippen MR) is 79.7 cm³/mol. The van der Waals surface area contributed by atoms with Crippen LogP contribution in [0.25, 0.3) is 0 Å². The molecule has 4 heteroatoms. The summed E-state index contributed by atoms with van der Waals surface area (Å²) >= 11 is 0. The van der Waals surface area contributed by atoms with Crippen LogP contribution in [0.3, 0.4) is 0 Å². The Balaban J connectivity index is 2.07. The molecule has 4 nitrogen and oxygen atoms in total. The maximum atomic E-state index is 9.03. The van der Waals surface area contributed by atoms with Crippen LogP contribution in [0.5, 0.6) is 5.75 Å². The van der Waals surface area contributed by atoms with Crippen LogP contribution in [0, 0.1) is 11.3 Å². The number of hydrogen-bond donors (Lipinski definition) is 0. The zero-order valence-electron chi connectivity index (χ0n) is 12.6. The summed E-state index contributed by atoms with van der Waals surface area (Å²) in [6.07, 6.45) is 2.40. The fourth-order valence-corrected chi connectivity index (χ4v) is 2.81. The first kappa shape index (κ1) is 14.8. The Labute approximate surface area is 121 Å². The summed E-state index contributed by atoms with van der Waals surface area (Å²) in [6.45, 7) is 3.14. The van der Waals surface area contributed by atoms with Gasteiger partial charge < -0.3 is 9.64 Å². The highest BCUT2D eigenvalue weighted by Crippen LogP contribution is 2.23. The number of nitrogens with zero attached hydrogens (tertiary/aromatic N) is 3. The number of ether oxygens (including phenoxy) is 1. The van der Waals surface area contributed by atoms with Crippen LogP contribution < -0.4 is 4.74 Å². The van der Waals surface area contributed by atoms with Gasteiger partial charge in [0.15, 0.2) is 0 Å². The van der Waals surface area contributed by atoms with Crippen LogP contribution in [-0.2, 0) is 6.54 Å². The Morgan fingerprint density at radius 1 is 1.40 bits per heavy atom. The lowest BCUT2D eigenvalue weighted by atomic mass is 10.0. The molecule has 1 aromatic rings. The first-order valence-corrected chi connectivity index (χ1v) is 7.10. The molecule has 1 fully saturated rings. The van der Waals surface area contributed by atoms with Crippen LogP contribution >= 0.6 is 0 Å². The minimum absolute atomic E-state index is 0.613. The highest BCUT2D eigenvalue weighted by atomic mass is 16.5. The lowest BCUT2D eigenvalue weighted by molar-refractivity contribution is 0.138. The van der Waals surface area contributed by atoms with Gasteiger partial charge in [-0.25, -0.2) is 0 Å². The molecule has 1 aliphatic rings. The highest BCUT2D eigenvalue weighted by molar-refractivity contribution is 5.42. The first-order valence-electron chi connectivity index (χ1n) is 7.10. The van der Waals surface area contributed by atoms with Gasteiger partial charge in [-0.2, -0.15) is 5.26 Å². The summed E-state index contributed by atoms with van der Waals surface area (Å²) in [5.74, 6) is 0.865. The van der Waals surface area contributed by atoms with Crippen molar-refractivity contribution in [3.8, 4) is 11.8 Å². The fraction of sp³-hybridized carbons (Fsp3) is 0.562. The van der Waals surface area contributed by atoms with Crippen molar-refractivity contribution in [2.24, 2.45) is 0 Å². The molecular weight excluding hydrogens is 250 g/mol. The van der Waals surface area contributed by atoms with Crippen molar-refractivity contribution < 1.29 is 4.74 Å². The van der Waals surface area contributed by atoms with Crippen molar-refractivity contribution in [3.63, 3.8) is 0 Å². The number of benzene rings is 1. The Hall–Kier alpha value is -1.57. The number of methoxy groups -OCH3 is 1. The van der Waals surface area contributed by atoms with Gasteiger partial charge >= 0.3 is 0 Å². The van der Waals surface area contributed by atoms with E-state index in [1.807, 2.05) is 12.1 Å². The van der Waals surface area contributed by atoms with Gasteiger partial charge in [0.25, 0.3) is 0 Å². The van der Waals surface area contributed by atoms with Crippen LogP contribution in [0.1, 0.15) is 24.0 Å². The summed E-state index contributed by atoms with van der Waals surface area (Å²) in [5.41, 5.74) is 1.78. The van der Waals surface area contributed by atoms with Gasteiger partial charge in [0.1, 0.15) is 5.75 Å². The fourth-order valence-electron chi connectivity index (χ4n) is 2.81. The molecule has 0 saturated carbocycles. The lowest BCUT2D eigenvalue weighted by Crippen LogP contribution is -2.41. The zero-order valence-corrected chi connectivity index (χ0v) is 12.6. The largest absolute Gasteiger partial charge is 0.496 e. The smallest absolute Gasteiger partial charge is 0.123 e. The van der Waals surface area contributed by atoms with E-state index in [0.717, 1.165) is 30.9 Å². The van der Waals surface area contributed by atoms with E-state index in [4.69, 9.17) is 10.00 Å². The number of likely N-dealkylation sites (tertiary alicyclic amines) is 1. The molecule has 0 spiro atoms. The first-order chi connectivity index (χ1) is 9.63. The molecule has 0 bridgehead atoms. The molecule has 2 rings (SSSR count). The Bertz CT molecular complexity index is 487. The highest BCUT2D eigenvalue weighted by Gasteiger charge is 2.21. The molecule has 0 atom stereocenters. The van der Waals surface area contributed by atoms with Crippen molar-refractivity contribution in [1.82, 2.24) is 9.80 Å². The number of hydrogen-bond acceptors (Lipinski definition) is 4. The molecule has 1 aliphatic heterocycles. The van der Waals surface area contributed by atoms with Gasteiger partial charge in [0.2, 0.25) is 0 Å². The molecule has 0 aromatic heterocycles. The van der Waals surface area contributed by atoms with E-state index in [9.17, 15) is 0 Å². The lowest BCUT2D eigenvalue weighted by Gasteiger charge is -2.35. The SMILES string of the molecule is COc1ccc(C#N)cc1CN(C)C1CCN(C)CC1. The Morgan fingerprint density at radius 2 is 2.10 bits per heavy atom. The third kappa shape index (κ3) is 3.50. The Kier molecular flexibility index (Phi) is 4.99. The molecule has 0 amide bonds. The summed E-state index contributed by atoms with van der Waals surface area (Å²) in [4.78, 5) is 4.76. The van der Waals surface area contributed by atoms with E-state index in [2.05, 4.69) is 30.0 Å². The van der Waals surface area contributed by atoms with Crippen molar-refractivity contribution in [2.45, 2.75) is 25.4 Å². The summed E-state index contributed by atoms with van der Waals surface area (Å²) in [6, 6.07) is 8.43.